The summed E-state index contributed by atoms with van der Waals surface area (Å²) in [6.45, 7) is 0.307. The third kappa shape index (κ3) is 5.92. The molecule has 2 N–H and O–H groups in total. The van der Waals surface area contributed by atoms with Crippen LogP contribution in [0.15, 0.2) is 41.1 Å². The van der Waals surface area contributed by atoms with Crippen LogP contribution in [0, 0.1) is 0 Å². The van der Waals surface area contributed by atoms with E-state index in [9.17, 15) is 22.8 Å². The van der Waals surface area contributed by atoms with Gasteiger partial charge in [-0.2, -0.15) is 11.3 Å². The van der Waals surface area contributed by atoms with Crippen molar-refractivity contribution in [2.75, 3.05) is 11.9 Å². The maximum atomic E-state index is 12.0. The molecule has 1 aromatic heterocycles. The van der Waals surface area contributed by atoms with Crippen LogP contribution < -0.4 is 15.4 Å². The highest BCUT2D eigenvalue weighted by Crippen LogP contribution is 2.23. The summed E-state index contributed by atoms with van der Waals surface area (Å²) in [5, 5.41) is 8.61. The Morgan fingerprint density at radius 2 is 1.79 bits per heavy atom. The SMILES string of the molecule is O=C(NCCc1ccsc1)C(=O)Nc1ccc(OC(F)(F)F)cc1. The molecule has 5 nitrogen and oxygen atoms in total. The molecule has 0 spiro atoms. The van der Waals surface area contributed by atoms with Crippen LogP contribution in [0.2, 0.25) is 0 Å². The highest BCUT2D eigenvalue weighted by atomic mass is 32.1. The van der Waals surface area contributed by atoms with Gasteiger partial charge in [-0.3, -0.25) is 9.59 Å². The molecule has 0 radical (unpaired) electrons. The van der Waals surface area contributed by atoms with Crippen LogP contribution in [0.25, 0.3) is 0 Å². The summed E-state index contributed by atoms with van der Waals surface area (Å²) in [5.74, 6) is -2.13. The molecule has 2 aromatic rings. The number of benzene rings is 1. The molecule has 0 aliphatic carbocycles. The van der Waals surface area contributed by atoms with Crippen molar-refractivity contribution in [3.63, 3.8) is 0 Å². The number of thiophene rings is 1. The standard InChI is InChI=1S/C15H13F3N2O3S/c16-15(17,18)23-12-3-1-11(2-4-12)20-14(22)13(21)19-7-5-10-6-8-24-9-10/h1-4,6,8-9H,5,7H2,(H,19,21)(H,20,22). The molecule has 128 valence electrons. The summed E-state index contributed by atoms with van der Waals surface area (Å²) in [6, 6.07) is 6.41. The van der Waals surface area contributed by atoms with Crippen LogP contribution >= 0.6 is 11.3 Å². The van der Waals surface area contributed by atoms with Crippen LogP contribution in [0.4, 0.5) is 18.9 Å². The number of nitrogens with one attached hydrogen (secondary N) is 2. The van der Waals surface area contributed by atoms with Gasteiger partial charge in [0.2, 0.25) is 0 Å². The first kappa shape index (κ1) is 17.8. The fourth-order valence-corrected chi connectivity index (χ4v) is 2.47. The number of carbonyl (C=O) groups excluding carboxylic acids is 2. The summed E-state index contributed by atoms with van der Waals surface area (Å²) in [4.78, 5) is 23.3. The number of alkyl halides is 3. The van der Waals surface area contributed by atoms with E-state index in [-0.39, 0.29) is 5.69 Å². The van der Waals surface area contributed by atoms with E-state index in [2.05, 4.69) is 15.4 Å². The van der Waals surface area contributed by atoms with Crippen molar-refractivity contribution < 1.29 is 27.5 Å². The lowest BCUT2D eigenvalue weighted by atomic mass is 10.2. The van der Waals surface area contributed by atoms with E-state index in [4.69, 9.17) is 0 Å². The molecule has 0 aliphatic rings. The molecule has 9 heteroatoms. The zero-order chi connectivity index (χ0) is 17.6. The lowest BCUT2D eigenvalue weighted by Gasteiger charge is -2.10. The molecule has 2 rings (SSSR count). The predicted octanol–water partition coefficient (Wildman–Crippen LogP) is 2.94. The van der Waals surface area contributed by atoms with Crippen molar-refractivity contribution in [1.29, 1.82) is 0 Å². The lowest BCUT2D eigenvalue weighted by Crippen LogP contribution is -2.36. The first-order chi connectivity index (χ1) is 11.3. The maximum Gasteiger partial charge on any atom is 0.573 e. The van der Waals surface area contributed by atoms with Gasteiger partial charge >= 0.3 is 18.2 Å². The first-order valence-corrected chi connectivity index (χ1v) is 7.74. The van der Waals surface area contributed by atoms with Gasteiger partial charge in [-0.1, -0.05) is 0 Å². The number of halogens is 3. The maximum absolute atomic E-state index is 12.0. The van der Waals surface area contributed by atoms with Crippen molar-refractivity contribution >= 4 is 28.8 Å². The summed E-state index contributed by atoms with van der Waals surface area (Å²) in [7, 11) is 0. The number of rotatable bonds is 5. The molecule has 2 amide bonds. The minimum atomic E-state index is -4.78. The Balaban J connectivity index is 1.79. The van der Waals surface area contributed by atoms with Crippen LogP contribution in [-0.2, 0) is 16.0 Å². The van der Waals surface area contributed by atoms with Crippen LogP contribution in [0.1, 0.15) is 5.56 Å². The number of anilines is 1. The topological polar surface area (TPSA) is 67.4 Å². The second-order valence-electron chi connectivity index (χ2n) is 4.66. The Hall–Kier alpha value is -2.55. The molecule has 1 aromatic carbocycles. The largest absolute Gasteiger partial charge is 0.573 e. The molecule has 24 heavy (non-hydrogen) atoms. The van der Waals surface area contributed by atoms with Crippen molar-refractivity contribution in [3.05, 3.63) is 46.7 Å². The summed E-state index contributed by atoms with van der Waals surface area (Å²) >= 11 is 1.54. The molecule has 0 atom stereocenters. The summed E-state index contributed by atoms with van der Waals surface area (Å²) in [5.41, 5.74) is 1.24. The Labute approximate surface area is 139 Å². The predicted molar refractivity (Wildman–Crippen MR) is 82.8 cm³/mol. The van der Waals surface area contributed by atoms with Crippen molar-refractivity contribution in [2.24, 2.45) is 0 Å². The highest BCUT2D eigenvalue weighted by molar-refractivity contribution is 7.07. The lowest BCUT2D eigenvalue weighted by molar-refractivity contribution is -0.274. The van der Waals surface area contributed by atoms with E-state index in [1.54, 1.807) is 0 Å². The quantitative estimate of drug-likeness (QED) is 0.808. The van der Waals surface area contributed by atoms with E-state index < -0.39 is 23.9 Å². The van der Waals surface area contributed by atoms with Gasteiger partial charge < -0.3 is 15.4 Å². The number of hydrogen-bond donors (Lipinski definition) is 2. The van der Waals surface area contributed by atoms with Gasteiger partial charge in [0.1, 0.15) is 5.75 Å². The molecule has 0 fully saturated rings. The highest BCUT2D eigenvalue weighted by Gasteiger charge is 2.31. The van der Waals surface area contributed by atoms with E-state index in [0.29, 0.717) is 13.0 Å². The molecule has 1 heterocycles. The smallest absolute Gasteiger partial charge is 0.406 e. The first-order valence-electron chi connectivity index (χ1n) is 6.79. The van der Waals surface area contributed by atoms with Gasteiger partial charge in [-0.15, -0.1) is 13.2 Å². The fourth-order valence-electron chi connectivity index (χ4n) is 1.76. The normalized spacial score (nSPS) is 11.0. The van der Waals surface area contributed by atoms with Gasteiger partial charge in [0.25, 0.3) is 0 Å². The van der Waals surface area contributed by atoms with Gasteiger partial charge in [0.15, 0.2) is 0 Å². The number of amides is 2. The number of ether oxygens (including phenoxy) is 1. The molecule has 0 unspecified atom stereocenters. The minimum absolute atomic E-state index is 0.183. The van der Waals surface area contributed by atoms with Crippen molar-refractivity contribution in [2.45, 2.75) is 12.8 Å². The molecule has 0 saturated heterocycles. The molecular weight excluding hydrogens is 345 g/mol. The number of hydrogen-bond acceptors (Lipinski definition) is 4. The van der Waals surface area contributed by atoms with Crippen LogP contribution in [0.5, 0.6) is 5.75 Å². The second kappa shape index (κ2) is 7.82. The van der Waals surface area contributed by atoms with Crippen molar-refractivity contribution in [3.8, 4) is 5.75 Å². The number of carbonyl (C=O) groups is 2. The van der Waals surface area contributed by atoms with E-state index in [0.717, 1.165) is 17.7 Å². The Bertz CT molecular complexity index is 685. The molecular formula is C15H13F3N2O3S. The zero-order valence-electron chi connectivity index (χ0n) is 12.2. The van der Waals surface area contributed by atoms with Gasteiger partial charge in [0.05, 0.1) is 0 Å². The average molecular weight is 358 g/mol. The Morgan fingerprint density at radius 3 is 2.38 bits per heavy atom. The summed E-state index contributed by atoms with van der Waals surface area (Å²) in [6.07, 6.45) is -4.18. The monoisotopic (exact) mass is 358 g/mol. The third-order valence-corrected chi connectivity index (χ3v) is 3.56. The van der Waals surface area contributed by atoms with Crippen molar-refractivity contribution in [1.82, 2.24) is 5.32 Å². The fraction of sp³-hybridized carbons (Fsp3) is 0.200. The Morgan fingerprint density at radius 1 is 1.08 bits per heavy atom. The van der Waals surface area contributed by atoms with Crippen LogP contribution in [0.3, 0.4) is 0 Å². The summed E-state index contributed by atoms with van der Waals surface area (Å²) < 4.78 is 39.8. The van der Waals surface area contributed by atoms with Crippen LogP contribution in [-0.4, -0.2) is 24.7 Å². The zero-order valence-corrected chi connectivity index (χ0v) is 13.0. The molecule has 0 bridgehead atoms. The van der Waals surface area contributed by atoms with E-state index in [1.807, 2.05) is 16.8 Å². The van der Waals surface area contributed by atoms with E-state index in [1.165, 1.54) is 23.5 Å². The van der Waals surface area contributed by atoms with E-state index >= 15 is 0 Å². The third-order valence-electron chi connectivity index (χ3n) is 2.83. The second-order valence-corrected chi connectivity index (χ2v) is 5.44. The Kier molecular flexibility index (Phi) is 5.80. The minimum Gasteiger partial charge on any atom is -0.406 e. The van der Waals surface area contributed by atoms with Gasteiger partial charge in [0, 0.05) is 12.2 Å². The van der Waals surface area contributed by atoms with Gasteiger partial charge in [-0.05, 0) is 53.1 Å². The van der Waals surface area contributed by atoms with Gasteiger partial charge in [-0.25, -0.2) is 0 Å². The molecule has 0 aliphatic heterocycles. The average Bonchev–Trinajstić information content (AvgIpc) is 3.01. The molecule has 0 saturated carbocycles.